The van der Waals surface area contributed by atoms with Gasteiger partial charge in [-0.3, -0.25) is 24.4 Å². The van der Waals surface area contributed by atoms with Gasteiger partial charge in [0.15, 0.2) is 5.78 Å². The molecule has 0 bridgehead atoms. The summed E-state index contributed by atoms with van der Waals surface area (Å²) in [6.07, 6.45) is 0. The highest BCUT2D eigenvalue weighted by Gasteiger charge is 2.31. The predicted molar refractivity (Wildman–Crippen MR) is 127 cm³/mol. The van der Waals surface area contributed by atoms with Crippen molar-refractivity contribution in [2.24, 2.45) is 7.05 Å². The Balaban J connectivity index is 1.77. The molecule has 34 heavy (non-hydrogen) atoms. The van der Waals surface area contributed by atoms with E-state index in [4.69, 9.17) is 0 Å². The monoisotopic (exact) mass is 475 g/mol. The molecule has 5 rings (SSSR count). The van der Waals surface area contributed by atoms with Crippen LogP contribution in [-0.2, 0) is 17.1 Å². The minimum atomic E-state index is -4.28. The molecule has 1 N–H and O–H groups in total. The van der Waals surface area contributed by atoms with Crippen LogP contribution in [0, 0.1) is 17.0 Å². The van der Waals surface area contributed by atoms with Gasteiger partial charge in [0.25, 0.3) is 21.3 Å². The number of nitrogens with zero attached hydrogens (tertiary/aromatic N) is 2. The predicted octanol–water partition coefficient (Wildman–Crippen LogP) is 3.77. The molecule has 0 aliphatic heterocycles. The summed E-state index contributed by atoms with van der Waals surface area (Å²) in [4.78, 5) is 36.3. The zero-order valence-corrected chi connectivity index (χ0v) is 18.8. The third-order valence-corrected chi connectivity index (χ3v) is 7.53. The highest BCUT2D eigenvalue weighted by molar-refractivity contribution is 7.92. The van der Waals surface area contributed by atoms with Crippen LogP contribution in [0.4, 0.5) is 11.4 Å². The van der Waals surface area contributed by atoms with Gasteiger partial charge in [0, 0.05) is 36.2 Å². The Labute approximate surface area is 193 Å². The number of nitrogens with one attached hydrogen (secondary N) is 1. The number of nitro groups is 1. The number of sulfonamides is 1. The minimum absolute atomic E-state index is 0.0257. The zero-order valence-electron chi connectivity index (χ0n) is 18.0. The van der Waals surface area contributed by atoms with Crippen LogP contribution in [0.1, 0.15) is 21.5 Å². The quantitative estimate of drug-likeness (QED) is 0.311. The van der Waals surface area contributed by atoms with E-state index in [2.05, 4.69) is 4.72 Å². The number of anilines is 1. The number of carbonyl (C=O) groups is 1. The number of fused-ring (bicyclic) bond motifs is 2. The first-order valence-electron chi connectivity index (χ1n) is 10.2. The second kappa shape index (κ2) is 7.35. The Morgan fingerprint density at radius 2 is 1.65 bits per heavy atom. The van der Waals surface area contributed by atoms with E-state index in [1.165, 1.54) is 35.8 Å². The van der Waals surface area contributed by atoms with Gasteiger partial charge in [0.1, 0.15) is 0 Å². The van der Waals surface area contributed by atoms with Crippen molar-refractivity contribution in [3.8, 4) is 11.1 Å². The number of benzene rings is 3. The number of nitro benzene ring substituents is 1. The maximum atomic E-state index is 13.5. The van der Waals surface area contributed by atoms with Crippen molar-refractivity contribution in [1.29, 1.82) is 0 Å². The van der Waals surface area contributed by atoms with Gasteiger partial charge in [-0.2, -0.15) is 0 Å². The van der Waals surface area contributed by atoms with Crippen molar-refractivity contribution in [1.82, 2.24) is 4.57 Å². The van der Waals surface area contributed by atoms with Crippen LogP contribution in [0.2, 0.25) is 0 Å². The number of non-ortho nitro benzene ring substituents is 1. The lowest BCUT2D eigenvalue weighted by atomic mass is 9.83. The lowest BCUT2D eigenvalue weighted by molar-refractivity contribution is -0.385. The van der Waals surface area contributed by atoms with Crippen molar-refractivity contribution >= 4 is 38.1 Å². The fraction of sp³-hybridized carbons (Fsp3) is 0.0833. The van der Waals surface area contributed by atoms with Crippen molar-refractivity contribution in [2.75, 3.05) is 4.72 Å². The molecule has 0 amide bonds. The number of aryl methyl sites for hydroxylation is 2. The summed E-state index contributed by atoms with van der Waals surface area (Å²) in [5.41, 5.74) is 1.79. The summed E-state index contributed by atoms with van der Waals surface area (Å²) in [5, 5.41) is 11.6. The number of hydrogen-bond acceptors (Lipinski definition) is 6. The fourth-order valence-electron chi connectivity index (χ4n) is 4.33. The average Bonchev–Trinajstić information content (AvgIpc) is 2.80. The Hall–Kier alpha value is -4.31. The van der Waals surface area contributed by atoms with Gasteiger partial charge in [-0.15, -0.1) is 0 Å². The van der Waals surface area contributed by atoms with Crippen LogP contribution in [0.3, 0.4) is 0 Å². The molecule has 1 aromatic heterocycles. The fourth-order valence-corrected chi connectivity index (χ4v) is 5.67. The van der Waals surface area contributed by atoms with E-state index in [-0.39, 0.29) is 33.2 Å². The first-order valence-corrected chi connectivity index (χ1v) is 11.7. The van der Waals surface area contributed by atoms with E-state index in [9.17, 15) is 28.1 Å². The number of rotatable bonds is 4. The van der Waals surface area contributed by atoms with Crippen LogP contribution in [0.25, 0.3) is 22.0 Å². The average molecular weight is 475 g/mol. The molecule has 1 aliphatic rings. The molecule has 0 fully saturated rings. The molecule has 170 valence electrons. The molecule has 0 atom stereocenters. The van der Waals surface area contributed by atoms with E-state index in [1.807, 2.05) is 0 Å². The molecule has 1 aliphatic carbocycles. The molecule has 0 radical (unpaired) electrons. The standard InChI is InChI=1S/C24H17N3O6S/c1-13-7-8-14(27(30)31)11-20(13)34(32,33)25-18-9-10-19-22-17(12-21(28)26(19)2)15-5-3-4-6-16(15)24(29)23(18)22/h3-12,25H,1-2H3. The Morgan fingerprint density at radius 3 is 2.35 bits per heavy atom. The molecular formula is C24H17N3O6S. The van der Waals surface area contributed by atoms with Crippen molar-refractivity contribution < 1.29 is 18.1 Å². The van der Waals surface area contributed by atoms with Gasteiger partial charge in [-0.25, -0.2) is 8.42 Å². The minimum Gasteiger partial charge on any atom is -0.311 e. The Bertz CT molecular complexity index is 1740. The first kappa shape index (κ1) is 21.5. The summed E-state index contributed by atoms with van der Waals surface area (Å²) in [7, 11) is -2.71. The Kier molecular flexibility index (Phi) is 4.66. The van der Waals surface area contributed by atoms with Crippen LogP contribution in [0.15, 0.2) is 70.4 Å². The molecule has 0 saturated carbocycles. The zero-order chi connectivity index (χ0) is 24.4. The Morgan fingerprint density at radius 1 is 0.941 bits per heavy atom. The number of ketones is 1. The number of hydrogen-bond donors (Lipinski definition) is 1. The van der Waals surface area contributed by atoms with Crippen molar-refractivity contribution in [3.63, 3.8) is 0 Å². The van der Waals surface area contributed by atoms with Crippen molar-refractivity contribution in [3.05, 3.63) is 97.8 Å². The normalized spacial score (nSPS) is 12.5. The summed E-state index contributed by atoms with van der Waals surface area (Å²) in [6, 6.07) is 14.8. The second-order valence-corrected chi connectivity index (χ2v) is 9.68. The van der Waals surface area contributed by atoms with Gasteiger partial charge in [0.2, 0.25) is 0 Å². The molecule has 4 aromatic rings. The second-order valence-electron chi connectivity index (χ2n) is 8.02. The number of pyridine rings is 1. The van der Waals surface area contributed by atoms with Crippen LogP contribution in [0.5, 0.6) is 0 Å². The number of aromatic nitrogens is 1. The van der Waals surface area contributed by atoms with Gasteiger partial charge in [0.05, 0.1) is 26.6 Å². The third kappa shape index (κ3) is 3.11. The molecule has 9 nitrogen and oxygen atoms in total. The lowest BCUT2D eigenvalue weighted by Gasteiger charge is -2.23. The SMILES string of the molecule is Cc1ccc([N+](=O)[O-])cc1S(=O)(=O)Nc1ccc2c3c(cc(=O)n2C)-c2ccccc2C(=O)c13. The third-order valence-electron chi connectivity index (χ3n) is 6.02. The van der Waals surface area contributed by atoms with Crippen LogP contribution in [-0.4, -0.2) is 23.7 Å². The molecule has 1 heterocycles. The summed E-state index contributed by atoms with van der Waals surface area (Å²) in [6.45, 7) is 1.53. The molecule has 0 saturated heterocycles. The maximum Gasteiger partial charge on any atom is 0.270 e. The van der Waals surface area contributed by atoms with Gasteiger partial charge in [-0.05, 0) is 35.7 Å². The molecule has 0 spiro atoms. The summed E-state index contributed by atoms with van der Waals surface area (Å²) < 4.78 is 30.4. The smallest absolute Gasteiger partial charge is 0.270 e. The number of carbonyl (C=O) groups excluding carboxylic acids is 1. The maximum absolute atomic E-state index is 13.5. The van der Waals surface area contributed by atoms with Crippen LogP contribution < -0.4 is 10.3 Å². The highest BCUT2D eigenvalue weighted by atomic mass is 32.2. The topological polar surface area (TPSA) is 128 Å². The van der Waals surface area contributed by atoms with E-state index < -0.39 is 14.9 Å². The molecule has 10 heteroatoms. The molecule has 3 aromatic carbocycles. The molecular weight excluding hydrogens is 458 g/mol. The van der Waals surface area contributed by atoms with Gasteiger partial charge in [-0.1, -0.05) is 30.3 Å². The summed E-state index contributed by atoms with van der Waals surface area (Å²) >= 11 is 0. The molecule has 0 unspecified atom stereocenters. The van der Waals surface area contributed by atoms with Gasteiger partial charge >= 0.3 is 0 Å². The highest BCUT2D eigenvalue weighted by Crippen LogP contribution is 2.41. The van der Waals surface area contributed by atoms with E-state index >= 15 is 0 Å². The van der Waals surface area contributed by atoms with Crippen molar-refractivity contribution in [2.45, 2.75) is 11.8 Å². The first-order chi connectivity index (χ1) is 16.1. The van der Waals surface area contributed by atoms with Gasteiger partial charge < -0.3 is 4.57 Å². The van der Waals surface area contributed by atoms with E-state index in [1.54, 1.807) is 37.4 Å². The van der Waals surface area contributed by atoms with E-state index in [0.717, 1.165) is 6.07 Å². The van der Waals surface area contributed by atoms with E-state index in [0.29, 0.717) is 33.2 Å². The lowest BCUT2D eigenvalue weighted by Crippen LogP contribution is -2.22. The summed E-state index contributed by atoms with van der Waals surface area (Å²) in [5.74, 6) is -0.388. The van der Waals surface area contributed by atoms with Crippen LogP contribution >= 0.6 is 0 Å². The largest absolute Gasteiger partial charge is 0.311 e.